The summed E-state index contributed by atoms with van der Waals surface area (Å²) in [4.78, 5) is 57.2. The number of carboxylic acids is 3. The van der Waals surface area contributed by atoms with Crippen LogP contribution in [0.15, 0.2) is 0 Å². The van der Waals surface area contributed by atoms with E-state index in [0.29, 0.717) is 38.6 Å². The molecule has 0 aromatic heterocycles. The van der Waals surface area contributed by atoms with Gasteiger partial charge < -0.3 is 20.6 Å². The zero-order chi connectivity index (χ0) is 43.1. The maximum atomic E-state index is 12.3. The molecule has 0 aromatic rings. The van der Waals surface area contributed by atoms with Crippen molar-refractivity contribution in [3.63, 3.8) is 0 Å². The average Bonchev–Trinajstić information content (AvgIpc) is 3.18. The Kier molecular flexibility index (Phi) is 58.6. The van der Waals surface area contributed by atoms with Crippen molar-refractivity contribution >= 4 is 94.4 Å². The first kappa shape index (κ1) is 62.3. The van der Waals surface area contributed by atoms with E-state index in [1.807, 2.05) is 0 Å². The van der Waals surface area contributed by atoms with Crippen LogP contribution in [0.4, 0.5) is 0 Å². The second-order valence-corrected chi connectivity index (χ2v) is 21.7. The van der Waals surface area contributed by atoms with E-state index in [4.69, 9.17) is 10.2 Å². The van der Waals surface area contributed by atoms with E-state index in [9.17, 15) is 29.1 Å². The normalized spacial score (nSPS) is 11.4. The van der Waals surface area contributed by atoms with Crippen molar-refractivity contribution in [3.05, 3.63) is 0 Å². The van der Waals surface area contributed by atoms with Crippen LogP contribution in [0, 0.1) is 11.8 Å². The monoisotopic (exact) mass is 907 g/mol. The molecule has 0 aliphatic carbocycles. The maximum Gasteiger partial charge on any atom is 0.306 e. The van der Waals surface area contributed by atoms with Gasteiger partial charge in [-0.3, -0.25) is 24.0 Å². The molecule has 0 saturated carbocycles. The summed E-state index contributed by atoms with van der Waals surface area (Å²) >= 11 is 0. The minimum atomic E-state index is -1.04. The molecule has 0 aliphatic heterocycles. The number of hydrogen-bond donors (Lipinski definition) is 4. The van der Waals surface area contributed by atoms with E-state index >= 15 is 0 Å². The lowest BCUT2D eigenvalue weighted by Crippen LogP contribution is -2.26. The average molecular weight is 908 g/mol. The minimum absolute atomic E-state index is 0.0220. The Labute approximate surface area is 366 Å². The van der Waals surface area contributed by atoms with Crippen LogP contribution in [0.2, 0.25) is 0 Å². The highest BCUT2D eigenvalue weighted by atomic mass is 33.1. The van der Waals surface area contributed by atoms with Gasteiger partial charge in [0.15, 0.2) is 0 Å². The van der Waals surface area contributed by atoms with Gasteiger partial charge in [-0.15, -0.1) is 0 Å². The van der Waals surface area contributed by atoms with E-state index in [2.05, 4.69) is 42.9 Å². The van der Waals surface area contributed by atoms with Gasteiger partial charge in [0.25, 0.3) is 0 Å². The lowest BCUT2D eigenvalue weighted by Gasteiger charge is -2.12. The molecule has 0 rings (SSSR count). The summed E-state index contributed by atoms with van der Waals surface area (Å²) in [5.41, 5.74) is 0. The van der Waals surface area contributed by atoms with Crippen molar-refractivity contribution in [3.8, 4) is 0 Å². The quantitative estimate of drug-likeness (QED) is 0.0348. The predicted molar refractivity (Wildman–Crippen MR) is 255 cm³/mol. The molecule has 0 radical (unpaired) electrons. The Hall–Kier alpha value is -0.350. The number of amides is 1. The molecule has 0 fully saturated rings. The molecule has 1 amide bonds. The third-order valence-corrected chi connectivity index (χ3v) is 12.9. The molecule has 2 atom stereocenters. The highest BCUT2D eigenvalue weighted by molar-refractivity contribution is 8.76. The van der Waals surface area contributed by atoms with Gasteiger partial charge in [-0.25, -0.2) is 0 Å². The molecule has 4 N–H and O–H groups in total. The van der Waals surface area contributed by atoms with Crippen molar-refractivity contribution in [2.24, 2.45) is 11.8 Å². The van der Waals surface area contributed by atoms with Gasteiger partial charge in [0, 0.05) is 32.2 Å². The molecule has 56 heavy (non-hydrogen) atoms. The number of nitrogens with one attached hydrogen (secondary N) is 1. The van der Waals surface area contributed by atoms with Gasteiger partial charge in [0.05, 0.1) is 11.8 Å². The van der Waals surface area contributed by atoms with Crippen LogP contribution in [-0.2, 0) is 24.0 Å². The van der Waals surface area contributed by atoms with Gasteiger partial charge in [-0.1, -0.05) is 181 Å². The Bertz CT molecular complexity index is 889. The van der Waals surface area contributed by atoms with E-state index in [0.717, 1.165) is 38.5 Å². The molecule has 0 aliphatic rings. The van der Waals surface area contributed by atoms with Crippen LogP contribution in [0.25, 0.3) is 0 Å². The summed E-state index contributed by atoms with van der Waals surface area (Å²) in [7, 11) is 10.6. The summed E-state index contributed by atoms with van der Waals surface area (Å²) in [6.45, 7) is 2.09. The van der Waals surface area contributed by atoms with Crippen LogP contribution in [0.5, 0.6) is 0 Å². The Morgan fingerprint density at radius 3 is 1.12 bits per heavy atom. The summed E-state index contributed by atoms with van der Waals surface area (Å²) in [5, 5.41) is 29.7. The fourth-order valence-corrected chi connectivity index (χ4v) is 5.44. The van der Waals surface area contributed by atoms with Crippen LogP contribution in [0.1, 0.15) is 174 Å². The zero-order valence-electron chi connectivity index (χ0n) is 36.1. The molecule has 0 spiro atoms. The van der Waals surface area contributed by atoms with Crippen molar-refractivity contribution in [1.29, 1.82) is 0 Å². The van der Waals surface area contributed by atoms with Crippen LogP contribution < -0.4 is 5.32 Å². The number of carbonyl (C=O) groups is 5. The summed E-state index contributed by atoms with van der Waals surface area (Å²) in [5.74, 6) is -4.06. The molecule has 0 bridgehead atoms. The standard InChI is InChI=1S/C35H63NO8.3C2H6S2/c1-29(34(41)42)22-20-21-27-36-32(38)26-25-30(35(43)44)28-31(37)23-18-16-14-12-10-8-6-4-2-3-5-7-9-11-13-15-17-19-24-33(39)40;3*1-3-4-2/h29-30H,2-28H2,1H3,(H,36,38)(H,39,40)(H,41,42)(H,43,44);3*1-2H3/t29-,30+;;;/m0.../s1. The topological polar surface area (TPSA) is 158 Å². The molecule has 0 saturated heterocycles. The highest BCUT2D eigenvalue weighted by Gasteiger charge is 2.22. The molecule has 0 unspecified atom stereocenters. The smallest absolute Gasteiger partial charge is 0.306 e. The molecule has 15 heteroatoms. The van der Waals surface area contributed by atoms with Gasteiger partial charge in [0.1, 0.15) is 5.78 Å². The molecular weight excluding hydrogens is 827 g/mol. The second-order valence-electron chi connectivity index (χ2n) is 13.7. The number of rotatable bonds is 36. The van der Waals surface area contributed by atoms with Crippen LogP contribution in [0.3, 0.4) is 0 Å². The fourth-order valence-electron chi connectivity index (χ4n) is 5.44. The lowest BCUT2D eigenvalue weighted by atomic mass is 9.94. The summed E-state index contributed by atoms with van der Waals surface area (Å²) < 4.78 is 0. The maximum absolute atomic E-state index is 12.3. The molecule has 0 aromatic carbocycles. The van der Waals surface area contributed by atoms with Crippen molar-refractivity contribution < 1.29 is 39.3 Å². The van der Waals surface area contributed by atoms with Gasteiger partial charge in [-0.2, -0.15) is 0 Å². The number of carbonyl (C=O) groups excluding carboxylic acids is 2. The van der Waals surface area contributed by atoms with E-state index < -0.39 is 29.7 Å². The van der Waals surface area contributed by atoms with E-state index in [-0.39, 0.29) is 31.0 Å². The summed E-state index contributed by atoms with van der Waals surface area (Å²) in [6, 6.07) is 0. The largest absolute Gasteiger partial charge is 0.481 e. The lowest BCUT2D eigenvalue weighted by molar-refractivity contribution is -0.144. The number of ketones is 1. The first-order valence-electron chi connectivity index (χ1n) is 20.5. The minimum Gasteiger partial charge on any atom is -0.481 e. The predicted octanol–water partition coefficient (Wildman–Crippen LogP) is 13.2. The van der Waals surface area contributed by atoms with E-state index in [1.54, 1.807) is 71.7 Å². The van der Waals surface area contributed by atoms with E-state index in [1.165, 1.54) is 77.0 Å². The summed E-state index contributed by atoms with van der Waals surface area (Å²) in [6.07, 6.45) is 36.4. The fraction of sp³-hybridized carbons (Fsp3) is 0.878. The zero-order valence-corrected chi connectivity index (χ0v) is 41.0. The van der Waals surface area contributed by atoms with Gasteiger partial charge in [-0.05, 0) is 69.6 Å². The highest BCUT2D eigenvalue weighted by Crippen LogP contribution is 2.18. The number of hydrogen-bond acceptors (Lipinski definition) is 11. The Morgan fingerprint density at radius 2 is 0.804 bits per heavy atom. The second kappa shape index (κ2) is 52.7. The van der Waals surface area contributed by atoms with Crippen LogP contribution >= 0.6 is 64.8 Å². The number of carboxylic acid groups (broad SMARTS) is 3. The first-order valence-corrected chi connectivity index (χ1v) is 29.4. The van der Waals surface area contributed by atoms with Crippen molar-refractivity contribution in [2.75, 3.05) is 44.1 Å². The molecule has 9 nitrogen and oxygen atoms in total. The number of Topliss-reactive ketones (excluding diaryl/α,β-unsaturated/α-hetero) is 1. The van der Waals surface area contributed by atoms with Crippen molar-refractivity contribution in [2.45, 2.75) is 174 Å². The first-order chi connectivity index (χ1) is 26.9. The third-order valence-electron chi connectivity index (χ3n) is 8.95. The third kappa shape index (κ3) is 58.0. The van der Waals surface area contributed by atoms with Crippen LogP contribution in [-0.4, -0.2) is 89.0 Å². The Morgan fingerprint density at radius 1 is 0.446 bits per heavy atom. The molecule has 0 heterocycles. The van der Waals surface area contributed by atoms with Crippen molar-refractivity contribution in [1.82, 2.24) is 5.32 Å². The molecule has 334 valence electrons. The number of aliphatic carboxylic acids is 3. The van der Waals surface area contributed by atoms with Gasteiger partial charge >= 0.3 is 17.9 Å². The number of unbranched alkanes of at least 4 members (excludes halogenated alkanes) is 18. The van der Waals surface area contributed by atoms with Gasteiger partial charge in [0.2, 0.25) is 5.91 Å². The molecular formula is C41H81NO8S6. The SMILES string of the molecule is CSSC.CSSC.CSSC.C[C@@H](CCCCNC(=O)CC[C@H](CC(=O)CCCCCCCCCCCCCCCCCCCCC(=O)O)C(=O)O)C(=O)O. The Balaban J connectivity index is -0.000000977.